The fourth-order valence-electron chi connectivity index (χ4n) is 0.577. The number of hydrogen-bond donors (Lipinski definition) is 1. The van der Waals surface area contributed by atoms with E-state index in [1.165, 1.54) is 11.7 Å². The van der Waals surface area contributed by atoms with Crippen molar-refractivity contribution in [2.75, 3.05) is 0 Å². The third kappa shape index (κ3) is 43.4. The predicted octanol–water partition coefficient (Wildman–Crippen LogP) is 0.907. The second-order valence-corrected chi connectivity index (χ2v) is 4.80. The number of aliphatic carboxylic acids is 1. The van der Waals surface area contributed by atoms with Crippen LogP contribution in [0.25, 0.3) is 0 Å². The van der Waals surface area contributed by atoms with Crippen LogP contribution >= 0.6 is 0 Å². The maximum absolute atomic E-state index is 9.00. The van der Waals surface area contributed by atoms with Gasteiger partial charge in [0.1, 0.15) is 0 Å². The van der Waals surface area contributed by atoms with Crippen LogP contribution in [-0.2, 0) is 4.79 Å². The van der Waals surface area contributed by atoms with Crippen LogP contribution in [-0.4, -0.2) is 27.6 Å². The molecule has 0 rings (SSSR count). The molecule has 0 aromatic heterocycles. The molecule has 0 bridgehead atoms. The minimum atomic E-state index is -0.833. The third-order valence-electron chi connectivity index (χ3n) is 0.866. The van der Waals surface area contributed by atoms with Crippen LogP contribution in [0.1, 0.15) is 27.2 Å². The van der Waals surface area contributed by atoms with Crippen LogP contribution in [0, 0.1) is 5.92 Å². The van der Waals surface area contributed by atoms with Gasteiger partial charge >= 0.3 is 48.0 Å². The molecule has 0 aliphatic rings. The molecular formula is C7H18GeO2. The SMILES string of the molecule is CC(=O)O.CC(C)C[CH2][GeH3]. The van der Waals surface area contributed by atoms with Crippen LogP contribution in [0.3, 0.4) is 0 Å². The van der Waals surface area contributed by atoms with Gasteiger partial charge in [-0.1, -0.05) is 0 Å². The molecule has 0 atom stereocenters. The van der Waals surface area contributed by atoms with Gasteiger partial charge in [-0.2, -0.15) is 0 Å². The summed E-state index contributed by atoms with van der Waals surface area (Å²) in [6.45, 7) is 5.65. The van der Waals surface area contributed by atoms with E-state index in [9.17, 15) is 0 Å². The molecule has 0 amide bonds. The summed E-state index contributed by atoms with van der Waals surface area (Å²) in [5.41, 5.74) is 0. The van der Waals surface area contributed by atoms with Crippen molar-refractivity contribution in [1.29, 1.82) is 0 Å². The zero-order valence-corrected chi connectivity index (χ0v) is 11.5. The van der Waals surface area contributed by atoms with E-state index in [0.717, 1.165) is 29.4 Å². The summed E-state index contributed by atoms with van der Waals surface area (Å²) in [6, 6.07) is 0. The first-order valence-corrected chi connectivity index (χ1v) is 6.66. The van der Waals surface area contributed by atoms with Gasteiger partial charge in [0.25, 0.3) is 5.97 Å². The van der Waals surface area contributed by atoms with Crippen molar-refractivity contribution in [2.24, 2.45) is 5.92 Å². The van der Waals surface area contributed by atoms with Gasteiger partial charge in [-0.25, -0.2) is 0 Å². The molecule has 0 saturated carbocycles. The van der Waals surface area contributed by atoms with Crippen molar-refractivity contribution < 1.29 is 9.90 Å². The number of carboxylic acids is 1. The van der Waals surface area contributed by atoms with Gasteiger partial charge in [0.05, 0.1) is 0 Å². The Balaban J connectivity index is 0. The molecule has 3 heteroatoms. The molecule has 0 spiro atoms. The Kier molecular flexibility index (Phi) is 11.4. The minimum absolute atomic E-state index is 0.833. The van der Waals surface area contributed by atoms with Crippen molar-refractivity contribution in [1.82, 2.24) is 0 Å². The normalized spacial score (nSPS) is 8.80. The van der Waals surface area contributed by atoms with Crippen molar-refractivity contribution in [3.63, 3.8) is 0 Å². The molecule has 62 valence electrons. The Morgan fingerprint density at radius 3 is 1.90 bits per heavy atom. The Bertz CT molecular complexity index is 77.7. The molecule has 0 radical (unpaired) electrons. The summed E-state index contributed by atoms with van der Waals surface area (Å²) in [6.07, 6.45) is 1.46. The number of rotatable bonds is 2. The molecule has 0 fully saturated rings. The van der Waals surface area contributed by atoms with Gasteiger partial charge in [0.15, 0.2) is 0 Å². The van der Waals surface area contributed by atoms with E-state index in [0.29, 0.717) is 0 Å². The van der Waals surface area contributed by atoms with Crippen LogP contribution in [0.2, 0.25) is 5.25 Å². The fraction of sp³-hybridized carbons (Fsp3) is 0.857. The van der Waals surface area contributed by atoms with E-state index in [1.807, 2.05) is 0 Å². The average molecular weight is 207 g/mol. The molecule has 0 saturated heterocycles. The summed E-state index contributed by atoms with van der Waals surface area (Å²) in [5, 5.41) is 8.94. The Labute approximate surface area is 71.2 Å². The Morgan fingerprint density at radius 1 is 1.60 bits per heavy atom. The molecule has 10 heavy (non-hydrogen) atoms. The van der Waals surface area contributed by atoms with Gasteiger partial charge in [0.2, 0.25) is 0 Å². The molecular weight excluding hydrogens is 189 g/mol. The summed E-state index contributed by atoms with van der Waals surface area (Å²) < 4.78 is 0. The van der Waals surface area contributed by atoms with Crippen LogP contribution in [0.15, 0.2) is 0 Å². The van der Waals surface area contributed by atoms with Gasteiger partial charge in [-0.15, -0.1) is 0 Å². The van der Waals surface area contributed by atoms with Crippen molar-refractivity contribution >= 4 is 22.5 Å². The molecule has 0 aromatic carbocycles. The van der Waals surface area contributed by atoms with E-state index >= 15 is 0 Å². The standard InChI is InChI=1S/C5H14Ge.C2H4O2/c1-5(2)3-4-6;1-2(3)4/h5H,3-4H2,1-2,6H3;1H3,(H,3,4). The van der Waals surface area contributed by atoms with Crippen LogP contribution in [0.5, 0.6) is 0 Å². The molecule has 2 nitrogen and oxygen atoms in total. The molecule has 0 aliphatic heterocycles. The first-order chi connectivity index (χ1) is 4.50. The summed E-state index contributed by atoms with van der Waals surface area (Å²) in [4.78, 5) is 9.00. The molecule has 0 aliphatic carbocycles. The zero-order chi connectivity index (χ0) is 8.57. The Morgan fingerprint density at radius 2 is 1.90 bits per heavy atom. The first kappa shape index (κ1) is 12.7. The number of carboxylic acid groups (broad SMARTS) is 1. The Hall–Kier alpha value is 0.0129. The summed E-state index contributed by atoms with van der Waals surface area (Å²) in [7, 11) is 0. The number of hydrogen-bond acceptors (Lipinski definition) is 1. The van der Waals surface area contributed by atoms with Crippen molar-refractivity contribution in [3.05, 3.63) is 0 Å². The van der Waals surface area contributed by atoms with Gasteiger partial charge in [0, 0.05) is 6.92 Å². The average Bonchev–Trinajstić information content (AvgIpc) is 1.62. The van der Waals surface area contributed by atoms with E-state index in [4.69, 9.17) is 9.90 Å². The second-order valence-electron chi connectivity index (χ2n) is 2.70. The third-order valence-corrected chi connectivity index (χ3v) is 2.08. The van der Waals surface area contributed by atoms with Crippen LogP contribution < -0.4 is 0 Å². The fourth-order valence-corrected chi connectivity index (χ4v) is 3.00. The molecule has 1 N–H and O–H groups in total. The van der Waals surface area contributed by atoms with E-state index < -0.39 is 5.97 Å². The van der Waals surface area contributed by atoms with Gasteiger partial charge in [-0.05, 0) is 0 Å². The summed E-state index contributed by atoms with van der Waals surface area (Å²) in [5.74, 6) is 0.112. The maximum atomic E-state index is 9.00. The molecule has 0 aromatic rings. The van der Waals surface area contributed by atoms with Crippen molar-refractivity contribution in [2.45, 2.75) is 32.4 Å². The second kappa shape index (κ2) is 9.01. The van der Waals surface area contributed by atoms with Crippen molar-refractivity contribution in [3.8, 4) is 0 Å². The monoisotopic (exact) mass is 208 g/mol. The van der Waals surface area contributed by atoms with Gasteiger partial charge < -0.3 is 5.11 Å². The molecule has 0 heterocycles. The summed E-state index contributed by atoms with van der Waals surface area (Å²) >= 11 is 1.09. The predicted molar refractivity (Wildman–Crippen MR) is 47.5 cm³/mol. The number of carbonyl (C=O) groups is 1. The van der Waals surface area contributed by atoms with E-state index in [1.54, 1.807) is 0 Å². The topological polar surface area (TPSA) is 37.3 Å². The van der Waals surface area contributed by atoms with E-state index in [-0.39, 0.29) is 0 Å². The van der Waals surface area contributed by atoms with Gasteiger partial charge in [-0.3, -0.25) is 4.79 Å². The van der Waals surface area contributed by atoms with E-state index in [2.05, 4.69) is 13.8 Å². The van der Waals surface area contributed by atoms with Crippen LogP contribution in [0.4, 0.5) is 0 Å². The zero-order valence-electron chi connectivity index (χ0n) is 7.35. The molecule has 0 unspecified atom stereocenters. The first-order valence-electron chi connectivity index (χ1n) is 3.70. The quantitative estimate of drug-likeness (QED) is 0.683.